The summed E-state index contributed by atoms with van der Waals surface area (Å²) in [6, 6.07) is 7.96. The van der Waals surface area contributed by atoms with E-state index in [0.717, 1.165) is 16.5 Å². The van der Waals surface area contributed by atoms with Crippen LogP contribution in [0, 0.1) is 11.7 Å². The zero-order valence-corrected chi connectivity index (χ0v) is 18.7. The standard InChI is InChI=1S/C22H20Cl2FN3O4/c1-2-32-20(30)14-8-22(9-14)21(31)27(19-17(25)7-16(24)10-26-19)12-18(29)28(22)11-13-3-5-15(23)6-4-13/h3-7,10,14H,2,8-9,11-12H2,1H3. The molecular weight excluding hydrogens is 460 g/mol. The Bertz CT molecular complexity index is 1070. The fraction of sp³-hybridized carbons (Fsp3) is 0.364. The monoisotopic (exact) mass is 479 g/mol. The first-order valence-electron chi connectivity index (χ1n) is 10.1. The molecule has 0 unspecified atom stereocenters. The van der Waals surface area contributed by atoms with Crippen molar-refractivity contribution in [2.45, 2.75) is 31.8 Å². The average Bonchev–Trinajstić information content (AvgIpc) is 2.71. The topological polar surface area (TPSA) is 79.8 Å². The van der Waals surface area contributed by atoms with Crippen molar-refractivity contribution >= 4 is 46.8 Å². The van der Waals surface area contributed by atoms with Crippen LogP contribution in [-0.2, 0) is 25.7 Å². The van der Waals surface area contributed by atoms with Gasteiger partial charge in [-0.1, -0.05) is 35.3 Å². The highest BCUT2D eigenvalue weighted by atomic mass is 35.5. The number of carbonyl (C=O) groups is 3. The summed E-state index contributed by atoms with van der Waals surface area (Å²) < 4.78 is 19.6. The summed E-state index contributed by atoms with van der Waals surface area (Å²) in [5.41, 5.74) is -0.515. The van der Waals surface area contributed by atoms with E-state index in [1.165, 1.54) is 11.1 Å². The van der Waals surface area contributed by atoms with Crippen LogP contribution in [0.1, 0.15) is 25.3 Å². The second kappa shape index (κ2) is 8.67. The Labute approximate surface area is 194 Å². The van der Waals surface area contributed by atoms with E-state index in [9.17, 15) is 18.8 Å². The Hall–Kier alpha value is -2.71. The molecule has 1 saturated heterocycles. The third-order valence-corrected chi connectivity index (χ3v) is 6.30. The number of benzene rings is 1. The quantitative estimate of drug-likeness (QED) is 0.611. The van der Waals surface area contributed by atoms with Gasteiger partial charge >= 0.3 is 5.97 Å². The molecule has 0 radical (unpaired) electrons. The summed E-state index contributed by atoms with van der Waals surface area (Å²) in [6.07, 6.45) is 1.40. The zero-order chi connectivity index (χ0) is 23.0. The van der Waals surface area contributed by atoms with Crippen LogP contribution in [0.15, 0.2) is 36.5 Å². The van der Waals surface area contributed by atoms with Crippen LogP contribution in [0.3, 0.4) is 0 Å². The minimum absolute atomic E-state index is 0.0760. The minimum atomic E-state index is -1.29. The van der Waals surface area contributed by atoms with Gasteiger partial charge in [-0.3, -0.25) is 19.3 Å². The van der Waals surface area contributed by atoms with Crippen molar-refractivity contribution in [2.24, 2.45) is 5.92 Å². The number of amides is 2. The molecule has 168 valence electrons. The van der Waals surface area contributed by atoms with Crippen LogP contribution in [0.25, 0.3) is 0 Å². The van der Waals surface area contributed by atoms with Crippen molar-refractivity contribution < 1.29 is 23.5 Å². The maximum absolute atomic E-state index is 14.5. The summed E-state index contributed by atoms with van der Waals surface area (Å²) in [6.45, 7) is 1.70. The second-order valence-electron chi connectivity index (χ2n) is 7.85. The summed E-state index contributed by atoms with van der Waals surface area (Å²) in [5, 5.41) is 0.623. The molecule has 2 aliphatic rings. The molecule has 2 fully saturated rings. The molecule has 10 heteroatoms. The third-order valence-electron chi connectivity index (χ3n) is 5.84. The molecule has 0 N–H and O–H groups in total. The maximum Gasteiger partial charge on any atom is 0.309 e. The van der Waals surface area contributed by atoms with Gasteiger partial charge in [0.2, 0.25) is 5.91 Å². The van der Waals surface area contributed by atoms with Crippen LogP contribution < -0.4 is 4.90 Å². The van der Waals surface area contributed by atoms with Crippen molar-refractivity contribution in [3.63, 3.8) is 0 Å². The molecule has 1 spiro atoms. The summed E-state index contributed by atoms with van der Waals surface area (Å²) in [5.74, 6) is -2.88. The lowest BCUT2D eigenvalue weighted by atomic mass is 9.65. The van der Waals surface area contributed by atoms with Crippen molar-refractivity contribution in [3.8, 4) is 0 Å². The van der Waals surface area contributed by atoms with Gasteiger partial charge in [0.15, 0.2) is 11.6 Å². The van der Waals surface area contributed by atoms with Crippen molar-refractivity contribution in [3.05, 3.63) is 58.0 Å². The smallest absolute Gasteiger partial charge is 0.309 e. The van der Waals surface area contributed by atoms with E-state index in [-0.39, 0.29) is 49.3 Å². The van der Waals surface area contributed by atoms with Gasteiger partial charge in [0, 0.05) is 17.8 Å². The van der Waals surface area contributed by atoms with Gasteiger partial charge in [0.05, 0.1) is 17.5 Å². The van der Waals surface area contributed by atoms with E-state index in [2.05, 4.69) is 4.98 Å². The van der Waals surface area contributed by atoms with Crippen LogP contribution in [-0.4, -0.2) is 46.4 Å². The van der Waals surface area contributed by atoms with Crippen molar-refractivity contribution in [1.29, 1.82) is 0 Å². The van der Waals surface area contributed by atoms with E-state index in [1.807, 2.05) is 0 Å². The number of pyridine rings is 1. The molecule has 1 aliphatic carbocycles. The van der Waals surface area contributed by atoms with Crippen molar-refractivity contribution in [2.75, 3.05) is 18.1 Å². The van der Waals surface area contributed by atoms with Crippen LogP contribution in [0.4, 0.5) is 10.2 Å². The second-order valence-corrected chi connectivity index (χ2v) is 8.72. The lowest BCUT2D eigenvalue weighted by Gasteiger charge is -2.56. The number of hydrogen-bond acceptors (Lipinski definition) is 5. The fourth-order valence-electron chi connectivity index (χ4n) is 4.26. The summed E-state index contributed by atoms with van der Waals surface area (Å²) in [7, 11) is 0. The molecular formula is C22H20Cl2FN3O4. The van der Waals surface area contributed by atoms with E-state index >= 15 is 0 Å². The molecule has 7 nitrogen and oxygen atoms in total. The van der Waals surface area contributed by atoms with Gasteiger partial charge in [-0.25, -0.2) is 9.37 Å². The van der Waals surface area contributed by atoms with Crippen LogP contribution in [0.2, 0.25) is 10.0 Å². The molecule has 2 heterocycles. The molecule has 1 aliphatic heterocycles. The van der Waals surface area contributed by atoms with E-state index in [0.29, 0.717) is 5.02 Å². The largest absolute Gasteiger partial charge is 0.466 e. The lowest BCUT2D eigenvalue weighted by Crippen LogP contribution is -2.73. The van der Waals surface area contributed by atoms with Crippen LogP contribution >= 0.6 is 23.2 Å². The molecule has 0 atom stereocenters. The zero-order valence-electron chi connectivity index (χ0n) is 17.2. The third kappa shape index (κ3) is 3.93. The number of hydrogen-bond donors (Lipinski definition) is 0. The first kappa shape index (κ1) is 22.5. The number of ether oxygens (including phenoxy) is 1. The Morgan fingerprint density at radius 1 is 1.22 bits per heavy atom. The fourth-order valence-corrected chi connectivity index (χ4v) is 4.53. The van der Waals surface area contributed by atoms with Gasteiger partial charge in [0.1, 0.15) is 12.1 Å². The Kier molecular flexibility index (Phi) is 6.09. The first-order valence-corrected chi connectivity index (χ1v) is 10.9. The van der Waals surface area contributed by atoms with E-state index in [4.69, 9.17) is 27.9 Å². The Morgan fingerprint density at radius 3 is 2.53 bits per heavy atom. The van der Waals surface area contributed by atoms with Gasteiger partial charge in [-0.2, -0.15) is 0 Å². The van der Waals surface area contributed by atoms with Crippen LogP contribution in [0.5, 0.6) is 0 Å². The predicted octanol–water partition coefficient (Wildman–Crippen LogP) is 3.61. The molecule has 1 aromatic heterocycles. The SMILES string of the molecule is CCOC(=O)C1CC2(C1)C(=O)N(c1ncc(Cl)cc1F)CC(=O)N2Cc1ccc(Cl)cc1. The number of esters is 1. The highest BCUT2D eigenvalue weighted by Crippen LogP contribution is 2.47. The summed E-state index contributed by atoms with van der Waals surface area (Å²) in [4.78, 5) is 45.5. The molecule has 4 rings (SSSR count). The van der Waals surface area contributed by atoms with Crippen molar-refractivity contribution in [1.82, 2.24) is 9.88 Å². The number of anilines is 1. The summed E-state index contributed by atoms with van der Waals surface area (Å²) >= 11 is 11.7. The number of aromatic nitrogens is 1. The molecule has 1 saturated carbocycles. The average molecular weight is 480 g/mol. The maximum atomic E-state index is 14.5. The Morgan fingerprint density at radius 2 is 1.91 bits per heavy atom. The first-order chi connectivity index (χ1) is 15.2. The number of rotatable bonds is 5. The molecule has 32 heavy (non-hydrogen) atoms. The number of carbonyl (C=O) groups excluding carboxylic acids is 3. The predicted molar refractivity (Wildman–Crippen MR) is 116 cm³/mol. The number of nitrogens with zero attached hydrogens (tertiary/aromatic N) is 3. The normalized spacial score (nSPS) is 22.8. The van der Waals surface area contributed by atoms with Gasteiger partial charge in [0.25, 0.3) is 5.91 Å². The molecule has 2 amide bonds. The molecule has 1 aromatic carbocycles. The van der Waals surface area contributed by atoms with Gasteiger partial charge in [-0.05, 0) is 43.5 Å². The molecule has 2 aromatic rings. The van der Waals surface area contributed by atoms with Gasteiger partial charge < -0.3 is 9.64 Å². The minimum Gasteiger partial charge on any atom is -0.466 e. The Balaban J connectivity index is 1.68. The highest BCUT2D eigenvalue weighted by molar-refractivity contribution is 6.30. The van der Waals surface area contributed by atoms with E-state index in [1.54, 1.807) is 31.2 Å². The number of halogens is 3. The number of piperazine rings is 1. The lowest BCUT2D eigenvalue weighted by molar-refractivity contribution is -0.172. The molecule has 0 bridgehead atoms. The highest BCUT2D eigenvalue weighted by Gasteiger charge is 2.62. The van der Waals surface area contributed by atoms with Gasteiger partial charge in [-0.15, -0.1) is 0 Å². The van der Waals surface area contributed by atoms with E-state index < -0.39 is 29.2 Å².